The number of nitrogens with one attached hydrogen (secondary N) is 1. The molecule has 1 heterocycles. The summed E-state index contributed by atoms with van der Waals surface area (Å²) >= 11 is 1.86. The van der Waals surface area contributed by atoms with E-state index in [1.54, 1.807) is 0 Å². The minimum atomic E-state index is -1.02. The molecule has 3 nitrogen and oxygen atoms in total. The van der Waals surface area contributed by atoms with E-state index in [0.29, 0.717) is 18.9 Å². The van der Waals surface area contributed by atoms with Crippen molar-refractivity contribution in [3.8, 4) is 0 Å². The summed E-state index contributed by atoms with van der Waals surface area (Å²) in [7, 11) is 0. The highest BCUT2D eigenvalue weighted by atomic mass is 32.2. The van der Waals surface area contributed by atoms with Gasteiger partial charge in [-0.05, 0) is 31.4 Å². The van der Waals surface area contributed by atoms with Gasteiger partial charge in [0.1, 0.15) is 5.60 Å². The number of carbonyl (C=O) groups excluding carboxylic acids is 1. The summed E-state index contributed by atoms with van der Waals surface area (Å²) in [4.78, 5) is 11.5. The monoisotopic (exact) mass is 201 g/mol. The first-order chi connectivity index (χ1) is 6.21. The molecular weight excluding hydrogens is 186 g/mol. The van der Waals surface area contributed by atoms with E-state index < -0.39 is 5.60 Å². The largest absolute Gasteiger partial charge is 0.380 e. The van der Waals surface area contributed by atoms with E-state index >= 15 is 0 Å². The van der Waals surface area contributed by atoms with Crippen LogP contribution in [-0.2, 0) is 4.79 Å². The fourth-order valence-electron chi connectivity index (χ4n) is 1.71. The average Bonchev–Trinajstić information content (AvgIpc) is 2.52. The second kappa shape index (κ2) is 3.50. The van der Waals surface area contributed by atoms with Crippen LogP contribution in [0, 0.1) is 0 Å². The normalized spacial score (nSPS) is 31.0. The molecule has 1 atom stereocenters. The number of hydrogen-bond donors (Lipinski definition) is 2. The zero-order valence-corrected chi connectivity index (χ0v) is 8.40. The molecule has 4 heteroatoms. The summed E-state index contributed by atoms with van der Waals surface area (Å²) in [5.41, 5.74) is -1.02. The first-order valence-electron chi connectivity index (χ1n) is 4.82. The Morgan fingerprint density at radius 3 is 2.77 bits per heavy atom. The number of hydrogen-bond acceptors (Lipinski definition) is 3. The standard InChI is InChI=1S/C9H15NO2S/c11-8(9(12)3-1-4-9)10-7-2-5-13-6-7/h7,12H,1-6H2,(H,10,11). The third-order valence-electron chi connectivity index (χ3n) is 2.87. The molecule has 2 rings (SSSR count). The first kappa shape index (κ1) is 9.34. The van der Waals surface area contributed by atoms with Crippen molar-refractivity contribution in [2.24, 2.45) is 0 Å². The van der Waals surface area contributed by atoms with Gasteiger partial charge in [-0.1, -0.05) is 0 Å². The smallest absolute Gasteiger partial charge is 0.252 e. The molecule has 2 fully saturated rings. The van der Waals surface area contributed by atoms with E-state index in [2.05, 4.69) is 5.32 Å². The first-order valence-corrected chi connectivity index (χ1v) is 5.97. The Morgan fingerprint density at radius 2 is 2.31 bits per heavy atom. The third-order valence-corrected chi connectivity index (χ3v) is 4.03. The maximum Gasteiger partial charge on any atom is 0.252 e. The molecule has 1 aliphatic heterocycles. The molecular formula is C9H15NO2S. The van der Waals surface area contributed by atoms with Gasteiger partial charge in [0.15, 0.2) is 0 Å². The second-order valence-corrected chi connectivity index (χ2v) is 5.07. The van der Waals surface area contributed by atoms with Crippen molar-refractivity contribution in [3.05, 3.63) is 0 Å². The van der Waals surface area contributed by atoms with E-state index in [4.69, 9.17) is 0 Å². The Morgan fingerprint density at radius 1 is 1.54 bits per heavy atom. The molecule has 0 aromatic carbocycles. The highest BCUT2D eigenvalue weighted by molar-refractivity contribution is 7.99. The lowest BCUT2D eigenvalue weighted by Crippen LogP contribution is -2.54. The summed E-state index contributed by atoms with van der Waals surface area (Å²) in [6.07, 6.45) is 3.30. The summed E-state index contributed by atoms with van der Waals surface area (Å²) in [5, 5.41) is 12.6. The van der Waals surface area contributed by atoms with Crippen LogP contribution in [0.5, 0.6) is 0 Å². The van der Waals surface area contributed by atoms with Crippen molar-refractivity contribution in [2.45, 2.75) is 37.3 Å². The minimum absolute atomic E-state index is 0.147. The van der Waals surface area contributed by atoms with Crippen molar-refractivity contribution in [1.82, 2.24) is 5.32 Å². The highest BCUT2D eigenvalue weighted by Crippen LogP contribution is 2.32. The van der Waals surface area contributed by atoms with Gasteiger partial charge >= 0.3 is 0 Å². The number of carbonyl (C=O) groups is 1. The molecule has 13 heavy (non-hydrogen) atoms. The van der Waals surface area contributed by atoms with Gasteiger partial charge in [-0.2, -0.15) is 11.8 Å². The highest BCUT2D eigenvalue weighted by Gasteiger charge is 2.42. The molecule has 0 radical (unpaired) electrons. The average molecular weight is 201 g/mol. The predicted octanol–water partition coefficient (Wildman–Crippen LogP) is 0.523. The van der Waals surface area contributed by atoms with Crippen LogP contribution in [0.2, 0.25) is 0 Å². The minimum Gasteiger partial charge on any atom is -0.380 e. The van der Waals surface area contributed by atoms with Gasteiger partial charge in [-0.3, -0.25) is 4.79 Å². The molecule has 0 bridgehead atoms. The maximum absolute atomic E-state index is 11.5. The van der Waals surface area contributed by atoms with Crippen LogP contribution in [0.4, 0.5) is 0 Å². The van der Waals surface area contributed by atoms with E-state index in [1.807, 2.05) is 11.8 Å². The molecule has 1 aliphatic carbocycles. The van der Waals surface area contributed by atoms with Gasteiger partial charge in [0.2, 0.25) is 0 Å². The van der Waals surface area contributed by atoms with Crippen molar-refractivity contribution in [2.75, 3.05) is 11.5 Å². The quantitative estimate of drug-likeness (QED) is 0.685. The SMILES string of the molecule is O=C(NC1CCSC1)C1(O)CCC1. The van der Waals surface area contributed by atoms with Gasteiger partial charge in [0.05, 0.1) is 0 Å². The molecule has 1 unspecified atom stereocenters. The zero-order valence-electron chi connectivity index (χ0n) is 7.58. The summed E-state index contributed by atoms with van der Waals surface area (Å²) in [5.74, 6) is 1.98. The molecule has 1 saturated carbocycles. The van der Waals surface area contributed by atoms with Crippen LogP contribution >= 0.6 is 11.8 Å². The van der Waals surface area contributed by atoms with Crippen molar-refractivity contribution in [1.29, 1.82) is 0 Å². The Bertz CT molecular complexity index is 210. The Balaban J connectivity index is 1.83. The van der Waals surface area contributed by atoms with Gasteiger partial charge in [-0.25, -0.2) is 0 Å². The zero-order chi connectivity index (χ0) is 9.31. The molecule has 0 spiro atoms. The molecule has 0 aromatic heterocycles. The molecule has 2 aliphatic rings. The second-order valence-electron chi connectivity index (χ2n) is 3.92. The molecule has 1 saturated heterocycles. The Kier molecular flexibility index (Phi) is 2.51. The Labute approximate surface area is 82.3 Å². The number of thioether (sulfide) groups is 1. The number of rotatable bonds is 2. The maximum atomic E-state index is 11.5. The van der Waals surface area contributed by atoms with Gasteiger partial charge < -0.3 is 10.4 Å². The number of aliphatic hydroxyl groups is 1. The molecule has 0 aromatic rings. The Hall–Kier alpha value is -0.220. The van der Waals surface area contributed by atoms with E-state index in [1.165, 1.54) is 0 Å². The van der Waals surface area contributed by atoms with Crippen LogP contribution in [0.15, 0.2) is 0 Å². The van der Waals surface area contributed by atoms with Crippen LogP contribution in [0.3, 0.4) is 0 Å². The van der Waals surface area contributed by atoms with E-state index in [9.17, 15) is 9.90 Å². The van der Waals surface area contributed by atoms with E-state index in [-0.39, 0.29) is 5.91 Å². The summed E-state index contributed by atoms with van der Waals surface area (Å²) in [6.45, 7) is 0. The number of amides is 1. The van der Waals surface area contributed by atoms with Gasteiger partial charge in [0, 0.05) is 11.8 Å². The van der Waals surface area contributed by atoms with Crippen molar-refractivity contribution >= 4 is 17.7 Å². The van der Waals surface area contributed by atoms with Crippen LogP contribution < -0.4 is 5.32 Å². The summed E-state index contributed by atoms with van der Waals surface area (Å²) < 4.78 is 0. The van der Waals surface area contributed by atoms with Crippen LogP contribution in [0.1, 0.15) is 25.7 Å². The lowest BCUT2D eigenvalue weighted by molar-refractivity contribution is -0.149. The predicted molar refractivity (Wildman–Crippen MR) is 52.7 cm³/mol. The fraction of sp³-hybridized carbons (Fsp3) is 0.889. The van der Waals surface area contributed by atoms with Gasteiger partial charge in [-0.15, -0.1) is 0 Å². The molecule has 1 amide bonds. The molecule has 2 N–H and O–H groups in total. The van der Waals surface area contributed by atoms with Crippen molar-refractivity contribution in [3.63, 3.8) is 0 Å². The molecule has 74 valence electrons. The topological polar surface area (TPSA) is 49.3 Å². The summed E-state index contributed by atoms with van der Waals surface area (Å²) in [6, 6.07) is 0.294. The van der Waals surface area contributed by atoms with Crippen molar-refractivity contribution < 1.29 is 9.90 Å². The van der Waals surface area contributed by atoms with Crippen LogP contribution in [0.25, 0.3) is 0 Å². The van der Waals surface area contributed by atoms with E-state index in [0.717, 1.165) is 24.3 Å². The van der Waals surface area contributed by atoms with Gasteiger partial charge in [0.25, 0.3) is 5.91 Å². The van der Waals surface area contributed by atoms with Crippen LogP contribution in [-0.4, -0.2) is 34.2 Å². The lowest BCUT2D eigenvalue weighted by Gasteiger charge is -2.35. The lowest BCUT2D eigenvalue weighted by atomic mass is 9.79. The fourth-order valence-corrected chi connectivity index (χ4v) is 2.86. The third kappa shape index (κ3) is 1.83.